The van der Waals surface area contributed by atoms with E-state index in [1.165, 1.54) is 0 Å². The Morgan fingerprint density at radius 1 is 1.53 bits per heavy atom. The summed E-state index contributed by atoms with van der Waals surface area (Å²) in [5.41, 5.74) is 4.82. The minimum atomic E-state index is -3.54. The fourth-order valence-electron chi connectivity index (χ4n) is 1.49. The third kappa shape index (κ3) is 3.77. The Hall–Kier alpha value is -0.660. The van der Waals surface area contributed by atoms with Crippen molar-refractivity contribution in [1.82, 2.24) is 9.62 Å². The molecule has 6 nitrogen and oxygen atoms in total. The maximum absolute atomic E-state index is 11.3. The van der Waals surface area contributed by atoms with Crippen LogP contribution >= 0.6 is 0 Å². The van der Waals surface area contributed by atoms with Crippen molar-refractivity contribution in [2.24, 2.45) is 5.73 Å². The van der Waals surface area contributed by atoms with E-state index in [-0.39, 0.29) is 6.04 Å². The molecule has 0 bridgehead atoms. The molecule has 1 aliphatic rings. The van der Waals surface area contributed by atoms with Gasteiger partial charge in [-0.05, 0) is 13.8 Å². The number of sulfonamides is 1. The number of carbonyl (C=O) groups is 1. The molecule has 0 aromatic carbocycles. The number of hydrogen-bond acceptors (Lipinski definition) is 4. The number of hydrogen-bond donors (Lipinski definition) is 2. The highest BCUT2D eigenvalue weighted by Crippen LogP contribution is 2.12. The minimum absolute atomic E-state index is 0.0863. The molecule has 0 unspecified atom stereocenters. The molecule has 15 heavy (non-hydrogen) atoms. The van der Waals surface area contributed by atoms with E-state index in [1.807, 2.05) is 13.8 Å². The first kappa shape index (κ1) is 12.4. The highest BCUT2D eigenvalue weighted by Gasteiger charge is 2.31. The monoisotopic (exact) mass is 235 g/mol. The number of carbonyl (C=O) groups excluding carboxylic acids is 1. The van der Waals surface area contributed by atoms with Crippen LogP contribution in [0.3, 0.4) is 0 Å². The largest absolute Gasteiger partial charge is 0.369 e. The van der Waals surface area contributed by atoms with Crippen LogP contribution in [0.1, 0.15) is 13.8 Å². The molecule has 88 valence electrons. The molecule has 0 aromatic heterocycles. The van der Waals surface area contributed by atoms with Gasteiger partial charge in [0.15, 0.2) is 0 Å². The molecule has 0 aromatic rings. The Morgan fingerprint density at radius 2 is 2.07 bits per heavy atom. The van der Waals surface area contributed by atoms with Crippen molar-refractivity contribution in [3.8, 4) is 0 Å². The Labute approximate surface area is 89.9 Å². The highest BCUT2D eigenvalue weighted by molar-refractivity contribution is 7.90. The van der Waals surface area contributed by atoms with E-state index in [9.17, 15) is 13.2 Å². The van der Waals surface area contributed by atoms with Crippen molar-refractivity contribution >= 4 is 15.9 Å². The van der Waals surface area contributed by atoms with Crippen LogP contribution in [0.15, 0.2) is 0 Å². The van der Waals surface area contributed by atoms with E-state index < -0.39 is 21.7 Å². The summed E-state index contributed by atoms with van der Waals surface area (Å²) in [4.78, 5) is 12.6. The van der Waals surface area contributed by atoms with Crippen LogP contribution in [0.5, 0.6) is 0 Å². The molecule has 1 amide bonds. The lowest BCUT2D eigenvalue weighted by molar-refractivity contribution is -0.115. The molecule has 0 aliphatic carbocycles. The first-order chi connectivity index (χ1) is 6.80. The van der Waals surface area contributed by atoms with Gasteiger partial charge in [-0.1, -0.05) is 0 Å². The van der Waals surface area contributed by atoms with E-state index in [0.29, 0.717) is 19.1 Å². The zero-order valence-electron chi connectivity index (χ0n) is 8.93. The van der Waals surface area contributed by atoms with Crippen LogP contribution in [0.2, 0.25) is 0 Å². The zero-order chi connectivity index (χ0) is 11.6. The van der Waals surface area contributed by atoms with Gasteiger partial charge < -0.3 is 5.73 Å². The van der Waals surface area contributed by atoms with E-state index in [0.717, 1.165) is 0 Å². The van der Waals surface area contributed by atoms with Gasteiger partial charge in [0.1, 0.15) is 5.75 Å². The number of nitrogens with two attached hydrogens (primary N) is 1. The van der Waals surface area contributed by atoms with Gasteiger partial charge in [0, 0.05) is 25.2 Å². The number of likely N-dealkylation sites (tertiary alicyclic amines) is 1. The van der Waals surface area contributed by atoms with Crippen LogP contribution in [-0.2, 0) is 14.8 Å². The minimum Gasteiger partial charge on any atom is -0.369 e. The van der Waals surface area contributed by atoms with Gasteiger partial charge in [0.2, 0.25) is 15.9 Å². The predicted molar refractivity (Wildman–Crippen MR) is 56.6 cm³/mol. The van der Waals surface area contributed by atoms with Gasteiger partial charge in [-0.2, -0.15) is 0 Å². The first-order valence-corrected chi connectivity index (χ1v) is 6.48. The second-order valence-corrected chi connectivity index (χ2v) is 5.84. The molecule has 1 saturated heterocycles. The van der Waals surface area contributed by atoms with Gasteiger partial charge in [-0.15, -0.1) is 0 Å². The second kappa shape index (κ2) is 4.46. The van der Waals surface area contributed by atoms with Gasteiger partial charge in [-0.3, -0.25) is 9.69 Å². The molecule has 1 fully saturated rings. The fourth-order valence-corrected chi connectivity index (χ4v) is 2.61. The standard InChI is InChI=1S/C8H17N3O3S/c1-6(2)11-3-7(4-11)10-15(13,14)5-8(9)12/h6-7,10H,3-5H2,1-2H3,(H2,9,12). The SMILES string of the molecule is CC(C)N1CC(NS(=O)(=O)CC(N)=O)C1. The Bertz CT molecular complexity index is 333. The summed E-state index contributed by atoms with van der Waals surface area (Å²) in [5.74, 6) is -1.46. The summed E-state index contributed by atoms with van der Waals surface area (Å²) in [6.07, 6.45) is 0. The smallest absolute Gasteiger partial charge is 0.234 e. The third-order valence-corrected chi connectivity index (χ3v) is 3.68. The van der Waals surface area contributed by atoms with Crippen molar-refractivity contribution in [1.29, 1.82) is 0 Å². The fraction of sp³-hybridized carbons (Fsp3) is 0.875. The van der Waals surface area contributed by atoms with E-state index in [1.54, 1.807) is 0 Å². The molecule has 0 spiro atoms. The maximum Gasteiger partial charge on any atom is 0.234 e. The Morgan fingerprint density at radius 3 is 2.47 bits per heavy atom. The predicted octanol–water partition coefficient (Wildman–Crippen LogP) is -1.52. The lowest BCUT2D eigenvalue weighted by Gasteiger charge is -2.41. The zero-order valence-corrected chi connectivity index (χ0v) is 9.75. The summed E-state index contributed by atoms with van der Waals surface area (Å²) in [6, 6.07) is 0.332. The summed E-state index contributed by atoms with van der Waals surface area (Å²) in [7, 11) is -3.54. The summed E-state index contributed by atoms with van der Waals surface area (Å²) >= 11 is 0. The average molecular weight is 235 g/mol. The number of amides is 1. The van der Waals surface area contributed by atoms with Gasteiger partial charge in [-0.25, -0.2) is 13.1 Å². The molecule has 1 rings (SSSR count). The van der Waals surface area contributed by atoms with Crippen LogP contribution < -0.4 is 10.5 Å². The van der Waals surface area contributed by atoms with Crippen molar-refractivity contribution in [3.05, 3.63) is 0 Å². The van der Waals surface area contributed by atoms with Gasteiger partial charge in [0.25, 0.3) is 0 Å². The van der Waals surface area contributed by atoms with Crippen molar-refractivity contribution < 1.29 is 13.2 Å². The molecule has 1 heterocycles. The summed E-state index contributed by atoms with van der Waals surface area (Å²) in [5, 5.41) is 0. The molecule has 3 N–H and O–H groups in total. The number of primary amides is 1. The van der Waals surface area contributed by atoms with E-state index in [2.05, 4.69) is 9.62 Å². The number of nitrogens with one attached hydrogen (secondary N) is 1. The van der Waals surface area contributed by atoms with Crippen molar-refractivity contribution in [2.75, 3.05) is 18.8 Å². The van der Waals surface area contributed by atoms with Crippen molar-refractivity contribution in [2.45, 2.75) is 25.9 Å². The van der Waals surface area contributed by atoms with Crippen LogP contribution in [0.25, 0.3) is 0 Å². The van der Waals surface area contributed by atoms with Gasteiger partial charge in [0.05, 0.1) is 0 Å². The van der Waals surface area contributed by atoms with E-state index >= 15 is 0 Å². The Kier molecular flexibility index (Phi) is 3.69. The van der Waals surface area contributed by atoms with Crippen LogP contribution in [0, 0.1) is 0 Å². The normalized spacial score (nSPS) is 19.1. The molecular formula is C8H17N3O3S. The summed E-state index contributed by atoms with van der Waals surface area (Å²) < 4.78 is 25.0. The van der Waals surface area contributed by atoms with E-state index in [4.69, 9.17) is 5.73 Å². The van der Waals surface area contributed by atoms with Crippen LogP contribution in [-0.4, -0.2) is 50.2 Å². The molecule has 0 atom stereocenters. The third-order valence-electron chi connectivity index (χ3n) is 2.32. The molecular weight excluding hydrogens is 218 g/mol. The Balaban J connectivity index is 2.36. The van der Waals surface area contributed by atoms with Crippen molar-refractivity contribution in [3.63, 3.8) is 0 Å². The first-order valence-electron chi connectivity index (χ1n) is 4.82. The molecule has 0 saturated carbocycles. The average Bonchev–Trinajstić information content (AvgIpc) is 1.92. The summed E-state index contributed by atoms with van der Waals surface area (Å²) in [6.45, 7) is 5.48. The molecule has 0 radical (unpaired) electrons. The highest BCUT2D eigenvalue weighted by atomic mass is 32.2. The maximum atomic E-state index is 11.3. The number of rotatable bonds is 5. The topological polar surface area (TPSA) is 92.5 Å². The van der Waals surface area contributed by atoms with Crippen LogP contribution in [0.4, 0.5) is 0 Å². The second-order valence-electron chi connectivity index (χ2n) is 4.09. The molecule has 1 aliphatic heterocycles. The lowest BCUT2D eigenvalue weighted by Crippen LogP contribution is -2.61. The quantitative estimate of drug-likeness (QED) is 0.605. The molecule has 7 heteroatoms. The number of nitrogens with zero attached hydrogens (tertiary/aromatic N) is 1. The lowest BCUT2D eigenvalue weighted by atomic mass is 10.1. The van der Waals surface area contributed by atoms with Gasteiger partial charge >= 0.3 is 0 Å².